The molecule has 1 saturated carbocycles. The Morgan fingerprint density at radius 3 is 2.10 bits per heavy atom. The Morgan fingerprint density at radius 1 is 0.562 bits per heavy atom. The molecule has 6 N–H and O–H groups in total. The van der Waals surface area contributed by atoms with Gasteiger partial charge in [0, 0.05) is 55.8 Å². The molecular weight excluding hydrogens is 1030 g/mol. The van der Waals surface area contributed by atoms with Crippen LogP contribution in [-0.2, 0) is 56.8 Å². The minimum absolute atomic E-state index is 0.0198. The van der Waals surface area contributed by atoms with Crippen LogP contribution >= 0.6 is 0 Å². The van der Waals surface area contributed by atoms with E-state index in [1.807, 2.05) is 26.0 Å². The molecule has 12 aliphatic heterocycles. The van der Waals surface area contributed by atoms with E-state index in [2.05, 4.69) is 64.2 Å². The molecule has 9 fully saturated rings. The van der Waals surface area contributed by atoms with Crippen LogP contribution in [0.1, 0.15) is 112 Å². The monoisotopic (exact) mass is 1120 g/mol. The maximum Gasteiger partial charge on any atom is 0.174 e. The Balaban J connectivity index is 0.687. The molecular formula is C62H90O18. The van der Waals surface area contributed by atoms with Crippen molar-refractivity contribution in [2.45, 2.75) is 276 Å². The summed E-state index contributed by atoms with van der Waals surface area (Å²) < 4.78 is 83.3. The molecule has 18 heteroatoms. The highest BCUT2D eigenvalue weighted by Crippen LogP contribution is 2.53. The maximum atomic E-state index is 12.5. The van der Waals surface area contributed by atoms with Gasteiger partial charge in [0.1, 0.15) is 35.6 Å². The summed E-state index contributed by atoms with van der Waals surface area (Å²) >= 11 is 0. The minimum Gasteiger partial charge on any atom is -0.393 e. The molecule has 1 aliphatic carbocycles. The maximum absolute atomic E-state index is 12.5. The predicted octanol–water partition coefficient (Wildman–Crippen LogP) is 4.23. The van der Waals surface area contributed by atoms with E-state index in [9.17, 15) is 30.6 Å². The van der Waals surface area contributed by atoms with Crippen LogP contribution in [0.25, 0.3) is 0 Å². The van der Waals surface area contributed by atoms with Gasteiger partial charge in [0.15, 0.2) is 5.79 Å². The SMILES string of the molecule is CC1CC2OC3C(CC2OC2CC4OC5CC=CCC6OC7C=CC8CC9C(CC8OC7C=CC6(C)OC5CC(O)C4(C)OC2C1)OC1CC=CC(C=CC(O)CO)OC1C9O)OC1C(C)C(C)C2(CC(O)CO2)OC1C(O)C3C. The van der Waals surface area contributed by atoms with Crippen molar-refractivity contribution in [2.24, 2.45) is 35.5 Å². The zero-order valence-corrected chi connectivity index (χ0v) is 47.4. The fourth-order valence-corrected chi connectivity index (χ4v) is 16.7. The molecule has 12 heterocycles. The van der Waals surface area contributed by atoms with Gasteiger partial charge in [-0.05, 0) is 64.2 Å². The highest BCUT2D eigenvalue weighted by Gasteiger charge is 2.63. The van der Waals surface area contributed by atoms with E-state index in [0.29, 0.717) is 64.2 Å². The second-order valence-electron chi connectivity index (χ2n) is 27.0. The zero-order valence-electron chi connectivity index (χ0n) is 47.4. The largest absolute Gasteiger partial charge is 0.393 e. The first-order chi connectivity index (χ1) is 38.4. The Kier molecular flexibility index (Phi) is 16.0. The topological polar surface area (TPSA) is 232 Å². The van der Waals surface area contributed by atoms with Gasteiger partial charge in [-0.3, -0.25) is 0 Å². The number of hydrogen-bond acceptors (Lipinski definition) is 18. The van der Waals surface area contributed by atoms with Crippen molar-refractivity contribution in [3.8, 4) is 0 Å². The quantitative estimate of drug-likeness (QED) is 0.217. The van der Waals surface area contributed by atoms with Gasteiger partial charge in [-0.15, -0.1) is 0 Å². The van der Waals surface area contributed by atoms with E-state index in [1.165, 1.54) is 6.08 Å². The molecule has 0 radical (unpaired) electrons. The number of ether oxygens (including phenoxy) is 12. The lowest BCUT2D eigenvalue weighted by atomic mass is 9.71. The van der Waals surface area contributed by atoms with Gasteiger partial charge in [0.25, 0.3) is 0 Å². The Labute approximate surface area is 471 Å². The van der Waals surface area contributed by atoms with E-state index in [1.54, 1.807) is 6.08 Å². The van der Waals surface area contributed by atoms with E-state index in [4.69, 9.17) is 56.8 Å². The van der Waals surface area contributed by atoms with Crippen LogP contribution < -0.4 is 0 Å². The Bertz CT molecular complexity index is 2350. The van der Waals surface area contributed by atoms with Crippen molar-refractivity contribution in [1.82, 2.24) is 0 Å². The van der Waals surface area contributed by atoms with Crippen molar-refractivity contribution < 1.29 is 87.5 Å². The number of aliphatic hydroxyl groups is 6. The number of aliphatic hydroxyl groups excluding tert-OH is 6. The number of rotatable bonds is 3. The molecule has 0 aromatic rings. The summed E-state index contributed by atoms with van der Waals surface area (Å²) in [6.45, 7) is 12.4. The molecule has 0 amide bonds. The van der Waals surface area contributed by atoms with Crippen molar-refractivity contribution in [3.63, 3.8) is 0 Å². The fraction of sp³-hybridized carbons (Fsp3) is 0.839. The summed E-state index contributed by atoms with van der Waals surface area (Å²) in [5.41, 5.74) is -1.96. The zero-order chi connectivity index (χ0) is 55.6. The van der Waals surface area contributed by atoms with Gasteiger partial charge < -0.3 is 87.5 Å². The lowest BCUT2D eigenvalue weighted by Gasteiger charge is -2.53. The third-order valence-corrected chi connectivity index (χ3v) is 21.6. The third kappa shape index (κ3) is 10.4. The van der Waals surface area contributed by atoms with E-state index in [-0.39, 0.29) is 104 Å². The molecule has 446 valence electrons. The number of fused-ring (bicyclic) bond motifs is 11. The average molecular weight is 1120 g/mol. The van der Waals surface area contributed by atoms with Crippen LogP contribution in [0.3, 0.4) is 0 Å². The molecule has 0 aromatic carbocycles. The molecule has 8 saturated heterocycles. The second-order valence-corrected chi connectivity index (χ2v) is 27.0. The summed E-state index contributed by atoms with van der Waals surface area (Å²) in [5, 5.41) is 66.2. The lowest BCUT2D eigenvalue weighted by Crippen LogP contribution is -2.63. The third-order valence-electron chi connectivity index (χ3n) is 21.6. The molecule has 0 bridgehead atoms. The Morgan fingerprint density at radius 2 is 1.29 bits per heavy atom. The van der Waals surface area contributed by atoms with Crippen molar-refractivity contribution >= 4 is 0 Å². The van der Waals surface area contributed by atoms with Gasteiger partial charge in [-0.25, -0.2) is 0 Å². The van der Waals surface area contributed by atoms with Crippen molar-refractivity contribution in [1.29, 1.82) is 0 Å². The normalized spacial score (nSPS) is 56.8. The van der Waals surface area contributed by atoms with Crippen LogP contribution in [0.4, 0.5) is 0 Å². The van der Waals surface area contributed by atoms with Gasteiger partial charge in [0.05, 0.1) is 135 Å². The molecule has 80 heavy (non-hydrogen) atoms. The Hall–Kier alpha value is -2.02. The molecule has 1 spiro atoms. The van der Waals surface area contributed by atoms with Crippen LogP contribution in [0, 0.1) is 35.5 Å². The standard InChI is InChI=1S/C62H90O18/c1-30-20-45-46(24-50-56(76-45)32(3)54(67)59-57(77-50)31(2)33(4)62(80-59)27-36(65)29-69-62)73-47-26-53-61(6,79-48(47)21-30)51(66)25-49-39(75-53)11-7-8-13-52-60(5,78-49)19-18-41-40(74-52)17-14-34-22-38-44(23-43(34)71-41)72-42-12-9-10-37(16-15-35(64)28-63)70-58(42)55(38)68/h7-10,14-19,30-59,63-68H,11-13,20-29H2,1-6H3. The van der Waals surface area contributed by atoms with Crippen LogP contribution in [-0.4, -0.2) is 207 Å². The summed E-state index contributed by atoms with van der Waals surface area (Å²) in [6.07, 6.45) is 14.7. The predicted molar refractivity (Wildman–Crippen MR) is 287 cm³/mol. The smallest absolute Gasteiger partial charge is 0.174 e. The summed E-state index contributed by atoms with van der Waals surface area (Å²) in [4.78, 5) is 0. The molecule has 33 atom stereocenters. The first-order valence-electron chi connectivity index (χ1n) is 30.7. The summed E-state index contributed by atoms with van der Waals surface area (Å²) in [7, 11) is 0. The minimum atomic E-state index is -1.04. The van der Waals surface area contributed by atoms with E-state index in [0.717, 1.165) is 6.42 Å². The summed E-state index contributed by atoms with van der Waals surface area (Å²) in [6, 6.07) is 0. The van der Waals surface area contributed by atoms with Crippen molar-refractivity contribution in [2.75, 3.05) is 13.2 Å². The molecule has 33 unspecified atom stereocenters. The molecule has 13 aliphatic rings. The highest BCUT2D eigenvalue weighted by atomic mass is 16.7. The van der Waals surface area contributed by atoms with Gasteiger partial charge in [0.2, 0.25) is 0 Å². The molecule has 0 aromatic heterocycles. The van der Waals surface area contributed by atoms with E-state index < -0.39 is 109 Å². The molecule has 18 nitrogen and oxygen atoms in total. The van der Waals surface area contributed by atoms with Gasteiger partial charge in [-0.2, -0.15) is 0 Å². The fourth-order valence-electron chi connectivity index (χ4n) is 16.7. The first-order valence-corrected chi connectivity index (χ1v) is 30.7. The average Bonchev–Trinajstić information content (AvgIpc) is 3.76. The summed E-state index contributed by atoms with van der Waals surface area (Å²) in [5.74, 6) is -1.33. The lowest BCUT2D eigenvalue weighted by molar-refractivity contribution is -0.339. The van der Waals surface area contributed by atoms with Crippen LogP contribution in [0.2, 0.25) is 0 Å². The highest BCUT2D eigenvalue weighted by molar-refractivity contribution is 5.20. The van der Waals surface area contributed by atoms with Crippen LogP contribution in [0.5, 0.6) is 0 Å². The second kappa shape index (κ2) is 22.4. The number of hydrogen-bond donors (Lipinski definition) is 6. The van der Waals surface area contributed by atoms with Gasteiger partial charge >= 0.3 is 0 Å². The van der Waals surface area contributed by atoms with Gasteiger partial charge in [-0.1, -0.05) is 88.5 Å². The van der Waals surface area contributed by atoms with Crippen LogP contribution in [0.15, 0.2) is 60.8 Å². The van der Waals surface area contributed by atoms with Crippen molar-refractivity contribution in [3.05, 3.63) is 60.8 Å². The van der Waals surface area contributed by atoms with E-state index >= 15 is 0 Å². The first kappa shape index (κ1) is 57.1. The molecule has 13 rings (SSSR count).